The van der Waals surface area contributed by atoms with Gasteiger partial charge in [-0.3, -0.25) is 4.68 Å². The molecular formula is C24H23F5N8. The molecule has 0 atom stereocenters. The predicted molar refractivity (Wildman–Crippen MR) is 124 cm³/mol. The first-order valence-electron chi connectivity index (χ1n) is 11.8. The Kier molecular flexibility index (Phi) is 5.02. The third-order valence-electron chi connectivity index (χ3n) is 7.34. The molecule has 4 aromatic heterocycles. The average molecular weight is 518 g/mol. The molecule has 37 heavy (non-hydrogen) atoms. The number of nitrogens with one attached hydrogen (secondary N) is 1. The molecule has 5 heterocycles. The summed E-state index contributed by atoms with van der Waals surface area (Å²) < 4.78 is 76.3. The van der Waals surface area contributed by atoms with Gasteiger partial charge in [0.05, 0.1) is 25.0 Å². The van der Waals surface area contributed by atoms with Crippen molar-refractivity contribution in [2.75, 3.05) is 5.32 Å². The van der Waals surface area contributed by atoms with Crippen LogP contribution in [-0.2, 0) is 25.6 Å². The van der Waals surface area contributed by atoms with Gasteiger partial charge >= 0.3 is 6.18 Å². The minimum atomic E-state index is -4.60. The first-order valence-corrected chi connectivity index (χ1v) is 11.8. The zero-order chi connectivity index (χ0) is 26.2. The summed E-state index contributed by atoms with van der Waals surface area (Å²) in [7, 11) is 1.78. The Hall–Kier alpha value is -3.77. The summed E-state index contributed by atoms with van der Waals surface area (Å²) in [4.78, 5) is 4.39. The smallest absolute Gasteiger partial charge is 0.338 e. The lowest BCUT2D eigenvalue weighted by molar-refractivity contribution is -0.216. The van der Waals surface area contributed by atoms with Gasteiger partial charge in [0.25, 0.3) is 5.92 Å². The molecule has 1 aliphatic heterocycles. The Morgan fingerprint density at radius 2 is 1.86 bits per heavy atom. The fourth-order valence-electron chi connectivity index (χ4n) is 5.20. The highest BCUT2D eigenvalue weighted by Gasteiger charge is 2.62. The fourth-order valence-corrected chi connectivity index (χ4v) is 5.20. The van der Waals surface area contributed by atoms with Gasteiger partial charge in [0.15, 0.2) is 5.82 Å². The summed E-state index contributed by atoms with van der Waals surface area (Å²) in [6.07, 6.45) is 0.260. The highest BCUT2D eigenvalue weighted by molar-refractivity contribution is 5.75. The molecule has 0 aromatic carbocycles. The second-order valence-electron chi connectivity index (χ2n) is 9.81. The predicted octanol–water partition coefficient (Wildman–Crippen LogP) is 5.23. The van der Waals surface area contributed by atoms with Crippen molar-refractivity contribution in [1.82, 2.24) is 34.1 Å². The van der Waals surface area contributed by atoms with E-state index in [2.05, 4.69) is 25.6 Å². The molecule has 1 N–H and O–H groups in total. The van der Waals surface area contributed by atoms with E-state index in [9.17, 15) is 13.2 Å². The van der Waals surface area contributed by atoms with E-state index in [0.717, 1.165) is 15.7 Å². The van der Waals surface area contributed by atoms with Crippen LogP contribution in [0, 0.1) is 6.92 Å². The summed E-state index contributed by atoms with van der Waals surface area (Å²) in [5.74, 6) is -2.49. The van der Waals surface area contributed by atoms with E-state index >= 15 is 8.78 Å². The number of fused-ring (bicyclic) bond motifs is 3. The van der Waals surface area contributed by atoms with E-state index < -0.39 is 36.4 Å². The lowest BCUT2D eigenvalue weighted by Gasteiger charge is -2.42. The number of pyridine rings is 1. The van der Waals surface area contributed by atoms with Crippen molar-refractivity contribution in [2.24, 2.45) is 7.05 Å². The van der Waals surface area contributed by atoms with Gasteiger partial charge in [-0.1, -0.05) is 6.42 Å². The topological polar surface area (TPSA) is 78.4 Å². The average Bonchev–Trinajstić information content (AvgIpc) is 3.46. The van der Waals surface area contributed by atoms with E-state index in [-0.39, 0.29) is 18.7 Å². The van der Waals surface area contributed by atoms with Gasteiger partial charge in [-0.15, -0.1) is 10.2 Å². The molecule has 6 rings (SSSR count). The van der Waals surface area contributed by atoms with Crippen LogP contribution >= 0.6 is 0 Å². The van der Waals surface area contributed by atoms with E-state index in [1.807, 2.05) is 6.92 Å². The number of rotatable bonds is 4. The van der Waals surface area contributed by atoms with Crippen LogP contribution in [0.2, 0.25) is 0 Å². The number of hydrogen-bond acceptors (Lipinski definition) is 5. The van der Waals surface area contributed by atoms with Crippen molar-refractivity contribution in [3.05, 3.63) is 48.2 Å². The third-order valence-corrected chi connectivity index (χ3v) is 7.34. The Balaban J connectivity index is 1.45. The quantitative estimate of drug-likeness (QED) is 0.375. The van der Waals surface area contributed by atoms with Gasteiger partial charge in [0.1, 0.15) is 22.9 Å². The third kappa shape index (κ3) is 3.70. The maximum Gasteiger partial charge on any atom is 0.401 e. The van der Waals surface area contributed by atoms with Gasteiger partial charge in [0.2, 0.25) is 0 Å². The molecule has 8 nitrogen and oxygen atoms in total. The van der Waals surface area contributed by atoms with Crippen molar-refractivity contribution in [2.45, 2.75) is 56.8 Å². The molecule has 1 fully saturated rings. The van der Waals surface area contributed by atoms with E-state index in [1.54, 1.807) is 48.5 Å². The number of aryl methyl sites for hydroxylation is 2. The molecule has 2 aliphatic rings. The molecule has 13 heteroatoms. The fraction of sp³-hybridized carbons (Fsp3) is 0.417. The van der Waals surface area contributed by atoms with Gasteiger partial charge in [-0.2, -0.15) is 18.3 Å². The monoisotopic (exact) mass is 518 g/mol. The molecule has 194 valence electrons. The first-order chi connectivity index (χ1) is 17.5. The number of anilines is 2. The molecule has 4 aromatic rings. The van der Waals surface area contributed by atoms with Crippen LogP contribution in [-0.4, -0.2) is 46.2 Å². The van der Waals surface area contributed by atoms with Gasteiger partial charge in [-0.25, -0.2) is 13.8 Å². The van der Waals surface area contributed by atoms with Gasteiger partial charge in [0, 0.05) is 31.1 Å². The molecule has 0 spiro atoms. The highest BCUT2D eigenvalue weighted by Crippen LogP contribution is 2.54. The first kappa shape index (κ1) is 23.6. The summed E-state index contributed by atoms with van der Waals surface area (Å²) in [5.41, 5.74) is 0.203. The van der Waals surface area contributed by atoms with Crippen LogP contribution in [0.1, 0.15) is 30.7 Å². The Morgan fingerprint density at radius 1 is 1.08 bits per heavy atom. The molecule has 1 aliphatic carbocycles. The lowest BCUT2D eigenvalue weighted by Crippen LogP contribution is -2.50. The molecule has 1 saturated carbocycles. The maximum absolute atomic E-state index is 15.1. The highest BCUT2D eigenvalue weighted by atomic mass is 19.4. The number of halogens is 5. The van der Waals surface area contributed by atoms with Crippen LogP contribution in [0.5, 0.6) is 0 Å². The van der Waals surface area contributed by atoms with Crippen molar-refractivity contribution >= 4 is 11.6 Å². The standard InChI is InChI=1S/C24H23F5N8/c1-14-10-30-18(32-19-4-7-31-35(19)2)9-16(14)15-8-17-20-33-34-21(22(5-3-6-22)24(27,28)29)37(20)13-23(25,26)12-36(17)11-15/h4,7-11H,3,5-6,12-13H2,1-2H3,(H,30,32). The van der Waals surface area contributed by atoms with E-state index in [4.69, 9.17) is 0 Å². The summed E-state index contributed by atoms with van der Waals surface area (Å²) >= 11 is 0. The van der Waals surface area contributed by atoms with E-state index in [1.165, 1.54) is 4.57 Å². The van der Waals surface area contributed by atoms with Crippen molar-refractivity contribution < 1.29 is 22.0 Å². The van der Waals surface area contributed by atoms with Crippen molar-refractivity contribution in [1.29, 1.82) is 0 Å². The molecule has 0 saturated heterocycles. The minimum absolute atomic E-state index is 0.00823. The van der Waals surface area contributed by atoms with Crippen LogP contribution in [0.3, 0.4) is 0 Å². The second-order valence-corrected chi connectivity index (χ2v) is 9.81. The Bertz CT molecular complexity index is 1490. The Morgan fingerprint density at radius 3 is 2.51 bits per heavy atom. The van der Waals surface area contributed by atoms with Gasteiger partial charge in [-0.05, 0) is 43.0 Å². The lowest BCUT2D eigenvalue weighted by atomic mass is 9.67. The maximum atomic E-state index is 15.1. The normalized spacial score (nSPS) is 18.0. The van der Waals surface area contributed by atoms with Crippen LogP contribution < -0.4 is 5.32 Å². The molecule has 0 amide bonds. The SMILES string of the molecule is Cc1cnc(Nc2ccnn2C)cc1-c1cc2n(c1)CC(F)(F)Cn1c-2nnc1C1(C(F)(F)F)CCC1. The number of alkyl halides is 5. The van der Waals surface area contributed by atoms with Crippen LogP contribution in [0.15, 0.2) is 36.8 Å². The summed E-state index contributed by atoms with van der Waals surface area (Å²) in [5, 5.41) is 15.1. The minimum Gasteiger partial charge on any atom is -0.338 e. The van der Waals surface area contributed by atoms with Crippen LogP contribution in [0.25, 0.3) is 22.6 Å². The Labute approximate surface area is 208 Å². The second kappa shape index (κ2) is 7.86. The molecule has 0 radical (unpaired) electrons. The molecule has 0 unspecified atom stereocenters. The molecular weight excluding hydrogens is 495 g/mol. The van der Waals surface area contributed by atoms with E-state index in [0.29, 0.717) is 29.3 Å². The summed E-state index contributed by atoms with van der Waals surface area (Å²) in [6.45, 7) is 0.249. The number of nitrogens with zero attached hydrogens (tertiary/aromatic N) is 7. The summed E-state index contributed by atoms with van der Waals surface area (Å²) in [6, 6.07) is 5.24. The van der Waals surface area contributed by atoms with Crippen molar-refractivity contribution in [3.8, 4) is 22.6 Å². The zero-order valence-corrected chi connectivity index (χ0v) is 20.0. The van der Waals surface area contributed by atoms with Crippen LogP contribution in [0.4, 0.5) is 33.6 Å². The van der Waals surface area contributed by atoms with Crippen molar-refractivity contribution in [3.63, 3.8) is 0 Å². The zero-order valence-electron chi connectivity index (χ0n) is 20.0. The van der Waals surface area contributed by atoms with Gasteiger partial charge < -0.3 is 14.5 Å². The largest absolute Gasteiger partial charge is 0.401 e. The molecule has 0 bridgehead atoms. The number of hydrogen-bond donors (Lipinski definition) is 1. The number of aromatic nitrogens is 7.